The third-order valence-electron chi connectivity index (χ3n) is 18.2. The number of nitrogens with zero attached hydrogens (tertiary/aromatic N) is 3. The molecule has 0 fully saturated rings. The summed E-state index contributed by atoms with van der Waals surface area (Å²) in [7, 11) is 0. The molecule has 15 rings (SSSR count). The van der Waals surface area contributed by atoms with Gasteiger partial charge in [0.15, 0.2) is 5.82 Å². The molecular weight excluding hydrogens is 1270 g/mol. The van der Waals surface area contributed by atoms with Crippen LogP contribution in [0.3, 0.4) is 0 Å². The van der Waals surface area contributed by atoms with Gasteiger partial charge in [-0.1, -0.05) is 232 Å². The molecule has 5 nitrogen and oxygen atoms in total. The second kappa shape index (κ2) is 22.5. The van der Waals surface area contributed by atoms with E-state index in [4.69, 9.17) is 14.4 Å². The number of fused-ring (bicyclic) bond motifs is 7. The van der Waals surface area contributed by atoms with Crippen LogP contribution in [0.1, 0.15) is 65.3 Å². The number of furan rings is 1. The van der Waals surface area contributed by atoms with Crippen LogP contribution in [-0.4, -0.2) is 19.6 Å². The molecule has 436 valence electrons. The molecule has 89 heavy (non-hydrogen) atoms. The fourth-order valence-corrected chi connectivity index (χ4v) is 14.2. The van der Waals surface area contributed by atoms with Crippen LogP contribution in [0.2, 0.25) is 0 Å². The molecule has 11 aromatic carbocycles. The molecule has 6 heteroatoms. The van der Waals surface area contributed by atoms with E-state index in [0.29, 0.717) is 11.5 Å². The van der Waals surface area contributed by atoms with Crippen molar-refractivity contribution in [2.75, 3.05) is 0 Å². The zero-order chi connectivity index (χ0) is 60.1. The quantitative estimate of drug-likeness (QED) is 0.146. The zero-order valence-corrected chi connectivity index (χ0v) is 53.6. The Morgan fingerprint density at radius 2 is 1.07 bits per heavy atom. The van der Waals surface area contributed by atoms with E-state index >= 15 is 0 Å². The minimum absolute atomic E-state index is 0. The second-order valence-electron chi connectivity index (χ2n) is 25.1. The predicted molar refractivity (Wildman–Crippen MR) is 365 cm³/mol. The van der Waals surface area contributed by atoms with Gasteiger partial charge in [-0.2, -0.15) is 0 Å². The van der Waals surface area contributed by atoms with Gasteiger partial charge in [-0.05, 0) is 188 Å². The minimum Gasteiger partial charge on any atom is -0.507 e. The van der Waals surface area contributed by atoms with E-state index in [9.17, 15) is 5.11 Å². The number of aromatic nitrogens is 3. The van der Waals surface area contributed by atoms with Crippen molar-refractivity contribution in [3.05, 3.63) is 275 Å². The summed E-state index contributed by atoms with van der Waals surface area (Å²) in [6, 6.07) is 85.1. The first kappa shape index (κ1) is 57.1. The van der Waals surface area contributed by atoms with Gasteiger partial charge in [0, 0.05) is 26.6 Å². The Morgan fingerprint density at radius 3 is 1.78 bits per heavy atom. The van der Waals surface area contributed by atoms with E-state index in [1.54, 1.807) is 6.07 Å². The molecule has 0 radical (unpaired) electrons. The summed E-state index contributed by atoms with van der Waals surface area (Å²) < 4.78 is 9.57. The van der Waals surface area contributed by atoms with Gasteiger partial charge in [0.25, 0.3) is 0 Å². The van der Waals surface area contributed by atoms with Crippen LogP contribution in [-0.2, 0) is 39.3 Å². The van der Waals surface area contributed by atoms with Crippen LogP contribution in [0, 0.1) is 40.7 Å². The van der Waals surface area contributed by atoms with Crippen molar-refractivity contribution < 1.29 is 30.6 Å². The van der Waals surface area contributed by atoms with E-state index in [1.165, 1.54) is 27.8 Å². The summed E-state index contributed by atoms with van der Waals surface area (Å²) in [5, 5.41) is 13.6. The predicted octanol–water partition coefficient (Wildman–Crippen LogP) is 21.8. The normalized spacial score (nSPS) is 12.1. The van der Waals surface area contributed by atoms with Gasteiger partial charge < -0.3 is 9.52 Å². The molecule has 1 N–H and O–H groups in total. The molecule has 1 aliphatic carbocycles. The molecule has 0 spiro atoms. The summed E-state index contributed by atoms with van der Waals surface area (Å²) in [4.78, 5) is 11.7. The molecule has 0 bridgehead atoms. The van der Waals surface area contributed by atoms with Crippen molar-refractivity contribution in [3.63, 3.8) is 0 Å². The maximum atomic E-state index is 11.6. The van der Waals surface area contributed by atoms with Gasteiger partial charge >= 0.3 is 0 Å². The smallest absolute Gasteiger partial charge is 0.163 e. The summed E-state index contributed by atoms with van der Waals surface area (Å²) in [6.07, 6.45) is 1.65. The van der Waals surface area contributed by atoms with Crippen LogP contribution >= 0.6 is 0 Å². The molecule has 0 unspecified atom stereocenters. The zero-order valence-electron chi connectivity index (χ0n) is 51.3. The summed E-state index contributed by atoms with van der Waals surface area (Å²) in [5.74, 6) is 0.926. The number of hydrogen-bond donors (Lipinski definition) is 1. The molecule has 0 saturated heterocycles. The fourth-order valence-electron chi connectivity index (χ4n) is 14.2. The van der Waals surface area contributed by atoms with Crippen LogP contribution in [0.4, 0.5) is 0 Å². The summed E-state index contributed by atoms with van der Waals surface area (Å²) in [6.45, 7) is 17.9. The number of imidazole rings is 1. The van der Waals surface area contributed by atoms with Gasteiger partial charge in [-0.3, -0.25) is 4.57 Å². The van der Waals surface area contributed by atoms with Gasteiger partial charge in [-0.25, -0.2) is 9.97 Å². The Kier molecular flexibility index (Phi) is 14.4. The monoisotopic (exact) mass is 1330 g/mol. The number of aryl methyl sites for hydroxylation is 7. The maximum Gasteiger partial charge on any atom is 0.163 e. The Labute approximate surface area is 535 Å². The van der Waals surface area contributed by atoms with E-state index in [2.05, 4.69) is 278 Å². The molecule has 3 aromatic heterocycles. The van der Waals surface area contributed by atoms with Crippen molar-refractivity contribution in [1.29, 1.82) is 0 Å². The molecule has 0 saturated carbocycles. The SMILES string of the molecule is Cc1cc(C)c(-c2cccc(-c3ccccc3)c2-c2ccc3c(nc(-c4ccc5c(n4)-c4c(O)cccc4CC5)n3-c3c(C)cccc3C)c2-c2[c-]c(-c3c(-c4ccccc4)cccc3-c3cccc(C(C)(C)C)c3)c3c(c2)oc2ccccc23)c(C)c1.[Pt]. The van der Waals surface area contributed by atoms with Gasteiger partial charge in [-0.15, -0.1) is 17.2 Å². The third kappa shape index (κ3) is 9.75. The number of phenolic OH excluding ortho intramolecular Hbond substituents is 1. The number of para-hydroxylation sites is 2. The van der Waals surface area contributed by atoms with E-state index in [0.717, 1.165) is 157 Å². The van der Waals surface area contributed by atoms with Crippen molar-refractivity contribution in [3.8, 4) is 112 Å². The molecular formula is C83H66N3O2Pt-. The number of pyridine rings is 1. The molecule has 0 aliphatic heterocycles. The van der Waals surface area contributed by atoms with Gasteiger partial charge in [0.1, 0.15) is 17.0 Å². The third-order valence-corrected chi connectivity index (χ3v) is 18.2. The first-order chi connectivity index (χ1) is 42.8. The van der Waals surface area contributed by atoms with Crippen LogP contribution in [0.25, 0.3) is 139 Å². The Bertz CT molecular complexity index is 5100. The van der Waals surface area contributed by atoms with Crippen molar-refractivity contribution in [1.82, 2.24) is 14.5 Å². The van der Waals surface area contributed by atoms with Crippen molar-refractivity contribution in [2.45, 2.75) is 73.6 Å². The van der Waals surface area contributed by atoms with Crippen LogP contribution in [0.5, 0.6) is 5.75 Å². The van der Waals surface area contributed by atoms with E-state index in [-0.39, 0.29) is 32.2 Å². The van der Waals surface area contributed by atoms with Crippen molar-refractivity contribution in [2.24, 2.45) is 0 Å². The molecule has 14 aromatic rings. The van der Waals surface area contributed by atoms with E-state index in [1.807, 2.05) is 6.07 Å². The Balaban J connectivity index is 0.00000694. The van der Waals surface area contributed by atoms with Crippen molar-refractivity contribution >= 4 is 33.0 Å². The van der Waals surface area contributed by atoms with Gasteiger partial charge in [0.05, 0.1) is 28.0 Å². The number of hydrogen-bond acceptors (Lipinski definition) is 4. The molecule has 3 heterocycles. The number of phenols is 1. The first-order valence-corrected chi connectivity index (χ1v) is 30.7. The number of benzene rings is 11. The minimum atomic E-state index is -0.0904. The Hall–Kier alpha value is -9.67. The average molecular weight is 1330 g/mol. The number of aromatic hydroxyl groups is 1. The largest absolute Gasteiger partial charge is 0.507 e. The molecule has 0 atom stereocenters. The van der Waals surface area contributed by atoms with E-state index < -0.39 is 0 Å². The number of rotatable bonds is 9. The second-order valence-corrected chi connectivity index (χ2v) is 25.1. The average Bonchev–Trinajstić information content (AvgIpc) is 1.68. The Morgan fingerprint density at radius 1 is 0.472 bits per heavy atom. The first-order valence-electron chi connectivity index (χ1n) is 30.7. The molecule has 1 aliphatic rings. The standard InChI is InChI=1S/C83H66N3O2.Pt/c1-49-44-52(4)73(53(5)45-49)65-35-21-33-62(55-26-13-10-14-27-55)77(65)66-41-43-69-80(85-82(86(69)81-50(2)22-17-23-51(81)3)68-42-40-57-39-38-56-28-19-36-70(87)75(56)79(57)84-68)74(66)59-47-67(78-64-31-15-16-37-71(64)88-72(78)48-59)76-61(54-24-11-9-12-25-54)32-20-34-63(76)58-29-18-30-60(46-58)83(6,7)8;/h9-37,40-46,48,87H,38-39H2,1-8H3;/q-1;. The topological polar surface area (TPSA) is 64.1 Å². The van der Waals surface area contributed by atoms with Crippen LogP contribution < -0.4 is 0 Å². The summed E-state index contributed by atoms with van der Waals surface area (Å²) in [5.41, 5.74) is 30.5. The fraction of sp³-hybridized carbons (Fsp3) is 0.133. The van der Waals surface area contributed by atoms with Crippen LogP contribution in [0.15, 0.2) is 229 Å². The van der Waals surface area contributed by atoms with Gasteiger partial charge in [0.2, 0.25) is 0 Å². The summed E-state index contributed by atoms with van der Waals surface area (Å²) >= 11 is 0. The maximum absolute atomic E-state index is 11.6. The molecule has 0 amide bonds.